The summed E-state index contributed by atoms with van der Waals surface area (Å²) in [5.74, 6) is 0.125. The summed E-state index contributed by atoms with van der Waals surface area (Å²) >= 11 is 0. The lowest BCUT2D eigenvalue weighted by Crippen LogP contribution is -2.59. The van der Waals surface area contributed by atoms with Gasteiger partial charge in [0.1, 0.15) is 16.9 Å². The molecule has 1 N–H and O–H groups in total. The Hall–Kier alpha value is -6.07. The first-order valence-electron chi connectivity index (χ1n) is 21.2. The number of hydrogen-bond acceptors (Lipinski definition) is 2. The number of alkyl halides is 3. The number of ether oxygens (including phenoxy) is 1. The molecule has 0 fully saturated rings. The Morgan fingerprint density at radius 1 is 0.525 bits per heavy atom. The Kier molecular flexibility index (Phi) is 10.8. The van der Waals surface area contributed by atoms with Gasteiger partial charge in [0.15, 0.2) is 0 Å². The average molecular weight is 815 g/mol. The van der Waals surface area contributed by atoms with E-state index in [-0.39, 0.29) is 11.3 Å². The van der Waals surface area contributed by atoms with Gasteiger partial charge in [-0.25, -0.2) is 0 Å². The summed E-state index contributed by atoms with van der Waals surface area (Å²) in [7, 11) is 0. The monoisotopic (exact) mass is 814 g/mol. The predicted octanol–water partition coefficient (Wildman–Crippen LogP) is 15.2. The molecule has 0 aromatic heterocycles. The Labute approximate surface area is 358 Å². The summed E-state index contributed by atoms with van der Waals surface area (Å²) in [4.78, 5) is 0. The van der Waals surface area contributed by atoms with Crippen molar-refractivity contribution in [2.75, 3.05) is 0 Å². The van der Waals surface area contributed by atoms with Crippen LogP contribution in [-0.4, -0.2) is 17.4 Å². The van der Waals surface area contributed by atoms with Gasteiger partial charge in [0.25, 0.3) is 0 Å². The molecule has 3 atom stereocenters. The molecule has 0 spiro atoms. The number of halogens is 3. The highest BCUT2D eigenvalue weighted by atomic mass is 19.4. The number of rotatable bonds is 10. The minimum atomic E-state index is -4.60. The van der Waals surface area contributed by atoms with Crippen molar-refractivity contribution in [3.63, 3.8) is 0 Å². The van der Waals surface area contributed by atoms with Crippen molar-refractivity contribution in [3.05, 3.63) is 203 Å². The summed E-state index contributed by atoms with van der Waals surface area (Å²) in [6.45, 7) is 12.8. The van der Waals surface area contributed by atoms with Gasteiger partial charge in [-0.1, -0.05) is 181 Å². The van der Waals surface area contributed by atoms with E-state index in [0.29, 0.717) is 11.7 Å². The van der Waals surface area contributed by atoms with E-state index in [1.54, 1.807) is 58.9 Å². The van der Waals surface area contributed by atoms with Crippen LogP contribution in [0.15, 0.2) is 170 Å². The third-order valence-corrected chi connectivity index (χ3v) is 13.3. The number of phenolic OH excluding ortho intramolecular Hbond substituents is 1. The normalized spacial score (nSPS) is 15.4. The first kappa shape index (κ1) is 41.7. The van der Waals surface area contributed by atoms with Crippen molar-refractivity contribution in [2.45, 2.75) is 77.5 Å². The predicted molar refractivity (Wildman–Crippen MR) is 243 cm³/mol. The van der Waals surface area contributed by atoms with E-state index in [4.69, 9.17) is 4.74 Å². The van der Waals surface area contributed by atoms with Crippen LogP contribution in [0.2, 0.25) is 0 Å². The van der Waals surface area contributed by atoms with Crippen molar-refractivity contribution < 1.29 is 23.0 Å². The second-order valence-electron chi connectivity index (χ2n) is 18.0. The van der Waals surface area contributed by atoms with Crippen molar-refractivity contribution >= 4 is 0 Å². The van der Waals surface area contributed by atoms with Gasteiger partial charge in [0, 0.05) is 5.92 Å². The van der Waals surface area contributed by atoms with Crippen molar-refractivity contribution in [1.29, 1.82) is 0 Å². The summed E-state index contributed by atoms with van der Waals surface area (Å²) in [5, 5.41) is 10.3. The highest BCUT2D eigenvalue weighted by Crippen LogP contribution is 2.59. The van der Waals surface area contributed by atoms with Crippen LogP contribution in [0.5, 0.6) is 11.5 Å². The lowest BCUT2D eigenvalue weighted by Gasteiger charge is -2.51. The number of fused-ring (bicyclic) bond motifs is 3. The van der Waals surface area contributed by atoms with E-state index in [9.17, 15) is 5.11 Å². The number of phenols is 1. The van der Waals surface area contributed by atoms with E-state index < -0.39 is 34.4 Å². The number of aromatic hydroxyl groups is 1. The summed E-state index contributed by atoms with van der Waals surface area (Å²) in [5.41, 5.74) is 7.73. The molecule has 2 nitrogen and oxygen atoms in total. The molecule has 5 heteroatoms. The molecule has 0 bridgehead atoms. The quantitative estimate of drug-likeness (QED) is 0.149. The van der Waals surface area contributed by atoms with E-state index in [2.05, 4.69) is 74.5 Å². The molecule has 0 heterocycles. The minimum Gasteiger partial charge on any atom is -0.508 e. The van der Waals surface area contributed by atoms with Gasteiger partial charge >= 0.3 is 6.18 Å². The van der Waals surface area contributed by atoms with Gasteiger partial charge in [-0.2, -0.15) is 13.2 Å². The van der Waals surface area contributed by atoms with Crippen molar-refractivity contribution in [2.24, 2.45) is 11.3 Å². The molecule has 3 unspecified atom stereocenters. The van der Waals surface area contributed by atoms with Gasteiger partial charge in [0.05, 0.1) is 11.5 Å². The Balaban J connectivity index is 1.12. The molecule has 8 rings (SSSR count). The fourth-order valence-electron chi connectivity index (χ4n) is 10.3. The first-order valence-corrected chi connectivity index (χ1v) is 21.2. The van der Waals surface area contributed by atoms with Crippen LogP contribution in [0.3, 0.4) is 0 Å². The van der Waals surface area contributed by atoms with Crippen molar-refractivity contribution in [1.82, 2.24) is 0 Å². The minimum absolute atomic E-state index is 0.181. The van der Waals surface area contributed by atoms with Crippen LogP contribution in [0, 0.1) is 11.3 Å². The third-order valence-electron chi connectivity index (χ3n) is 13.3. The lowest BCUT2D eigenvalue weighted by molar-refractivity contribution is -0.243. The number of benzene rings is 7. The maximum Gasteiger partial charge on any atom is 0.399 e. The molecule has 0 radical (unpaired) electrons. The second-order valence-corrected chi connectivity index (χ2v) is 18.0. The zero-order valence-corrected chi connectivity index (χ0v) is 35.9. The third kappa shape index (κ3) is 7.02. The molecule has 1 aliphatic rings. The molecule has 0 amide bonds. The standard InChI is InChI=1S/C56H53F3O2/c1-36(2)39-19-21-40(22-20-39)42-13-12-14-43(35-42)41-23-25-46(26-24-41)55(53(5,6)7,56(57,58)59)37(3)38(4)61-48-33-29-45(30-34-48)54(44-27-31-47(60)32-28-44)51-17-10-8-15-49(51)50-16-9-11-18-52(50)54/h8-38,60H,1-7H3. The summed E-state index contributed by atoms with van der Waals surface area (Å²) < 4.78 is 54.8. The Morgan fingerprint density at radius 2 is 1.00 bits per heavy atom. The van der Waals surface area contributed by atoms with Gasteiger partial charge in [0.2, 0.25) is 0 Å². The molecule has 0 saturated heterocycles. The maximum absolute atomic E-state index is 16.1. The summed E-state index contributed by atoms with van der Waals surface area (Å²) in [6, 6.07) is 55.5. The maximum atomic E-state index is 16.1. The molecule has 0 aliphatic heterocycles. The van der Waals surface area contributed by atoms with Gasteiger partial charge < -0.3 is 9.84 Å². The fraction of sp³-hybridized carbons (Fsp3) is 0.250. The SMILES string of the molecule is CC(C)c1ccc(-c2cccc(-c3ccc(C(C(C)C(C)Oc4ccc(C5(c6ccc(O)cc6)c6ccccc6-c6ccccc65)cc4)(C(C)(C)C)C(F)(F)F)cc3)c2)cc1. The Morgan fingerprint density at radius 3 is 1.48 bits per heavy atom. The Bertz CT molecular complexity index is 2570. The van der Waals surface area contributed by atoms with Gasteiger partial charge in [-0.05, 0) is 115 Å². The molecule has 7 aromatic carbocycles. The highest BCUT2D eigenvalue weighted by Gasteiger charge is 2.66. The average Bonchev–Trinajstić information content (AvgIpc) is 3.55. The van der Waals surface area contributed by atoms with Crippen LogP contribution in [-0.2, 0) is 10.8 Å². The molecular weight excluding hydrogens is 762 g/mol. The molecule has 1 aliphatic carbocycles. The van der Waals surface area contributed by atoms with Gasteiger partial charge in [-0.15, -0.1) is 0 Å². The van der Waals surface area contributed by atoms with Crippen molar-refractivity contribution in [3.8, 4) is 44.9 Å². The first-order chi connectivity index (χ1) is 29.1. The fourth-order valence-corrected chi connectivity index (χ4v) is 10.3. The van der Waals surface area contributed by atoms with Crippen LogP contribution in [0.25, 0.3) is 33.4 Å². The molecule has 61 heavy (non-hydrogen) atoms. The van der Waals surface area contributed by atoms with Crippen LogP contribution < -0.4 is 4.74 Å². The molecular formula is C56H53F3O2. The summed E-state index contributed by atoms with van der Waals surface area (Å²) in [6.07, 6.45) is -5.42. The second kappa shape index (κ2) is 15.8. The smallest absolute Gasteiger partial charge is 0.399 e. The van der Waals surface area contributed by atoms with E-state index in [0.717, 1.165) is 55.6 Å². The molecule has 0 saturated carbocycles. The van der Waals surface area contributed by atoms with E-state index >= 15 is 13.2 Å². The largest absolute Gasteiger partial charge is 0.508 e. The highest BCUT2D eigenvalue weighted by molar-refractivity contribution is 5.86. The van der Waals surface area contributed by atoms with Crippen LogP contribution in [0.4, 0.5) is 13.2 Å². The zero-order valence-electron chi connectivity index (χ0n) is 35.9. The lowest BCUT2D eigenvalue weighted by atomic mass is 9.55. The van der Waals surface area contributed by atoms with E-state index in [1.165, 1.54) is 5.56 Å². The van der Waals surface area contributed by atoms with Crippen LogP contribution >= 0.6 is 0 Å². The molecule has 310 valence electrons. The topological polar surface area (TPSA) is 29.5 Å². The molecule has 7 aromatic rings. The van der Waals surface area contributed by atoms with E-state index in [1.807, 2.05) is 84.9 Å². The van der Waals surface area contributed by atoms with Gasteiger partial charge in [-0.3, -0.25) is 0 Å². The van der Waals surface area contributed by atoms with Crippen LogP contribution in [0.1, 0.15) is 87.8 Å². The zero-order chi connectivity index (χ0) is 43.3. The number of hydrogen-bond donors (Lipinski definition) is 1.